The van der Waals surface area contributed by atoms with Crippen LogP contribution in [-0.4, -0.2) is 11.7 Å². The van der Waals surface area contributed by atoms with Gasteiger partial charge in [0.15, 0.2) is 0 Å². The van der Waals surface area contributed by atoms with Gasteiger partial charge < -0.3 is 9.84 Å². The molecule has 1 unspecified atom stereocenters. The Kier molecular flexibility index (Phi) is 4.23. The normalized spacial score (nSPS) is 13.8. The van der Waals surface area contributed by atoms with Gasteiger partial charge in [0, 0.05) is 0 Å². The summed E-state index contributed by atoms with van der Waals surface area (Å²) in [6.07, 6.45) is 1.02. The zero-order valence-electron chi connectivity index (χ0n) is 11.5. The highest BCUT2D eigenvalue weighted by Crippen LogP contribution is 2.22. The van der Waals surface area contributed by atoms with Crippen LogP contribution in [0.4, 0.5) is 0 Å². The van der Waals surface area contributed by atoms with E-state index in [1.165, 1.54) is 5.56 Å². The molecule has 0 bridgehead atoms. The lowest BCUT2D eigenvalue weighted by molar-refractivity contribution is 0.00759. The Bertz CT molecular complexity index is 501. The maximum Gasteiger partial charge on any atom is 0.121 e. The maximum atomic E-state index is 10.4. The third-order valence-electron chi connectivity index (χ3n) is 3.25. The minimum absolute atomic E-state index is 0.239. The van der Waals surface area contributed by atoms with Crippen LogP contribution in [0.2, 0.25) is 0 Å². The maximum absolute atomic E-state index is 10.4. The van der Waals surface area contributed by atoms with Gasteiger partial charge in [0.1, 0.15) is 18.0 Å². The van der Waals surface area contributed by atoms with Gasteiger partial charge in [0.2, 0.25) is 0 Å². The van der Waals surface area contributed by atoms with Crippen LogP contribution >= 0.6 is 0 Å². The number of aliphatic hydroxyl groups is 1. The molecule has 1 atom stereocenters. The second-order valence-electron chi connectivity index (χ2n) is 4.93. The second kappa shape index (κ2) is 5.89. The van der Waals surface area contributed by atoms with Gasteiger partial charge in [0.05, 0.1) is 0 Å². The first-order chi connectivity index (χ1) is 9.12. The molecule has 2 rings (SSSR count). The lowest BCUT2D eigenvalue weighted by Gasteiger charge is -2.24. The van der Waals surface area contributed by atoms with E-state index in [0.29, 0.717) is 0 Å². The fourth-order valence-electron chi connectivity index (χ4n) is 1.93. The van der Waals surface area contributed by atoms with Crippen molar-refractivity contribution >= 4 is 0 Å². The molecule has 0 amide bonds. The van der Waals surface area contributed by atoms with Crippen LogP contribution in [0.15, 0.2) is 54.6 Å². The highest BCUT2D eigenvalue weighted by Gasteiger charge is 2.23. The fraction of sp³-hybridized carbons (Fsp3) is 0.294. The molecule has 0 aromatic heterocycles. The average Bonchev–Trinajstić information content (AvgIpc) is 2.47. The molecule has 2 aromatic carbocycles. The third-order valence-corrected chi connectivity index (χ3v) is 3.25. The van der Waals surface area contributed by atoms with Crippen LogP contribution in [0.5, 0.6) is 5.75 Å². The first-order valence-corrected chi connectivity index (χ1v) is 6.61. The monoisotopic (exact) mass is 256 g/mol. The van der Waals surface area contributed by atoms with Crippen molar-refractivity contribution < 1.29 is 9.84 Å². The van der Waals surface area contributed by atoms with E-state index in [1.807, 2.05) is 54.6 Å². The van der Waals surface area contributed by atoms with Crippen molar-refractivity contribution in [2.45, 2.75) is 25.9 Å². The Hall–Kier alpha value is -1.80. The SMILES string of the molecule is CCc1ccc(OCC(C)(O)c2ccccc2)cc1. The van der Waals surface area contributed by atoms with Gasteiger partial charge in [0.25, 0.3) is 0 Å². The predicted molar refractivity (Wildman–Crippen MR) is 77.3 cm³/mol. The summed E-state index contributed by atoms with van der Waals surface area (Å²) in [4.78, 5) is 0. The highest BCUT2D eigenvalue weighted by atomic mass is 16.5. The van der Waals surface area contributed by atoms with Crippen LogP contribution in [0.25, 0.3) is 0 Å². The Morgan fingerprint density at radius 3 is 2.21 bits per heavy atom. The van der Waals surface area contributed by atoms with E-state index >= 15 is 0 Å². The van der Waals surface area contributed by atoms with E-state index in [0.717, 1.165) is 17.7 Å². The van der Waals surface area contributed by atoms with Crippen LogP contribution in [0, 0.1) is 0 Å². The molecule has 0 heterocycles. The smallest absolute Gasteiger partial charge is 0.121 e. The molecule has 0 spiro atoms. The molecule has 0 fully saturated rings. The second-order valence-corrected chi connectivity index (χ2v) is 4.93. The molecule has 0 aliphatic rings. The van der Waals surface area contributed by atoms with Gasteiger partial charge in [-0.3, -0.25) is 0 Å². The summed E-state index contributed by atoms with van der Waals surface area (Å²) in [5.41, 5.74) is 1.16. The summed E-state index contributed by atoms with van der Waals surface area (Å²) in [7, 11) is 0. The largest absolute Gasteiger partial charge is 0.490 e. The Labute approximate surface area is 114 Å². The number of hydrogen-bond acceptors (Lipinski definition) is 2. The van der Waals surface area contributed by atoms with E-state index in [4.69, 9.17) is 4.74 Å². The molecule has 0 aliphatic carbocycles. The molecule has 1 N–H and O–H groups in total. The molecule has 0 radical (unpaired) electrons. The van der Waals surface area contributed by atoms with Crippen molar-refractivity contribution in [2.75, 3.05) is 6.61 Å². The minimum atomic E-state index is -0.981. The van der Waals surface area contributed by atoms with Crippen molar-refractivity contribution in [1.82, 2.24) is 0 Å². The van der Waals surface area contributed by atoms with Gasteiger partial charge in [-0.25, -0.2) is 0 Å². The summed E-state index contributed by atoms with van der Waals surface area (Å²) in [6.45, 7) is 4.13. The Morgan fingerprint density at radius 2 is 1.63 bits per heavy atom. The topological polar surface area (TPSA) is 29.5 Å². The Balaban J connectivity index is 2.01. The zero-order chi connectivity index (χ0) is 13.7. The average molecular weight is 256 g/mol. The van der Waals surface area contributed by atoms with Crippen molar-refractivity contribution in [3.8, 4) is 5.75 Å². The van der Waals surface area contributed by atoms with Gasteiger partial charge in [-0.05, 0) is 36.6 Å². The Morgan fingerprint density at radius 1 is 1.00 bits per heavy atom. The van der Waals surface area contributed by atoms with Gasteiger partial charge >= 0.3 is 0 Å². The number of benzene rings is 2. The molecule has 2 heteroatoms. The molecule has 2 nitrogen and oxygen atoms in total. The molecule has 0 aliphatic heterocycles. The van der Waals surface area contributed by atoms with Crippen molar-refractivity contribution in [3.63, 3.8) is 0 Å². The van der Waals surface area contributed by atoms with E-state index in [2.05, 4.69) is 6.92 Å². The molecular weight excluding hydrogens is 236 g/mol. The van der Waals surface area contributed by atoms with E-state index in [-0.39, 0.29) is 6.61 Å². The number of aryl methyl sites for hydroxylation is 1. The lowest BCUT2D eigenvalue weighted by Crippen LogP contribution is -2.29. The molecule has 19 heavy (non-hydrogen) atoms. The van der Waals surface area contributed by atoms with Crippen molar-refractivity contribution in [1.29, 1.82) is 0 Å². The number of ether oxygens (including phenoxy) is 1. The number of hydrogen-bond donors (Lipinski definition) is 1. The zero-order valence-corrected chi connectivity index (χ0v) is 11.5. The first-order valence-electron chi connectivity index (χ1n) is 6.61. The minimum Gasteiger partial charge on any atom is -0.490 e. The van der Waals surface area contributed by atoms with Gasteiger partial charge in [-0.1, -0.05) is 49.4 Å². The first kappa shape index (κ1) is 13.6. The molecule has 2 aromatic rings. The fourth-order valence-corrected chi connectivity index (χ4v) is 1.93. The van der Waals surface area contributed by atoms with Crippen LogP contribution in [-0.2, 0) is 12.0 Å². The van der Waals surface area contributed by atoms with Crippen molar-refractivity contribution in [3.05, 3.63) is 65.7 Å². The van der Waals surface area contributed by atoms with Gasteiger partial charge in [-0.2, -0.15) is 0 Å². The highest BCUT2D eigenvalue weighted by molar-refractivity contribution is 5.28. The van der Waals surface area contributed by atoms with Crippen LogP contribution in [0.3, 0.4) is 0 Å². The van der Waals surface area contributed by atoms with E-state index < -0.39 is 5.60 Å². The predicted octanol–water partition coefficient (Wildman–Crippen LogP) is 3.54. The standard InChI is InChI=1S/C17H20O2/c1-3-14-9-11-16(12-10-14)19-13-17(2,18)15-7-5-4-6-8-15/h4-12,18H,3,13H2,1-2H3. The summed E-state index contributed by atoms with van der Waals surface area (Å²) in [5.74, 6) is 0.786. The van der Waals surface area contributed by atoms with Crippen LogP contribution < -0.4 is 4.74 Å². The third kappa shape index (κ3) is 3.58. The van der Waals surface area contributed by atoms with Crippen LogP contribution in [0.1, 0.15) is 25.0 Å². The molecule has 0 saturated heterocycles. The molecule has 100 valence electrons. The summed E-state index contributed by atoms with van der Waals surface area (Å²) in [5, 5.41) is 10.4. The van der Waals surface area contributed by atoms with E-state index in [9.17, 15) is 5.11 Å². The van der Waals surface area contributed by atoms with E-state index in [1.54, 1.807) is 6.92 Å². The van der Waals surface area contributed by atoms with Gasteiger partial charge in [-0.15, -0.1) is 0 Å². The summed E-state index contributed by atoms with van der Waals surface area (Å²) in [6, 6.07) is 17.6. The molecule has 0 saturated carbocycles. The lowest BCUT2D eigenvalue weighted by atomic mass is 9.97. The summed E-state index contributed by atoms with van der Waals surface area (Å²) < 4.78 is 5.67. The summed E-state index contributed by atoms with van der Waals surface area (Å²) >= 11 is 0. The number of rotatable bonds is 5. The quantitative estimate of drug-likeness (QED) is 0.886. The van der Waals surface area contributed by atoms with Crippen molar-refractivity contribution in [2.24, 2.45) is 0 Å². The molecular formula is C17H20O2.